The maximum Gasteiger partial charge on any atom is 0.261 e. The van der Waals surface area contributed by atoms with Crippen LogP contribution in [0, 0.1) is 0 Å². The first-order chi connectivity index (χ1) is 9.66. The van der Waals surface area contributed by atoms with Crippen LogP contribution in [0.5, 0.6) is 0 Å². The van der Waals surface area contributed by atoms with Gasteiger partial charge in [-0.2, -0.15) is 0 Å². The molecular formula is C14H11NO5. The number of amides is 2. The van der Waals surface area contributed by atoms with Crippen LogP contribution in [-0.2, 0) is 14.3 Å². The van der Waals surface area contributed by atoms with Crippen molar-refractivity contribution in [2.75, 3.05) is 6.61 Å². The lowest BCUT2D eigenvalue weighted by Gasteiger charge is -2.32. The Kier molecular flexibility index (Phi) is 2.33. The third-order valence-corrected chi connectivity index (χ3v) is 3.97. The molecule has 0 spiro atoms. The Balaban J connectivity index is 1.72. The van der Waals surface area contributed by atoms with E-state index in [-0.39, 0.29) is 30.6 Å². The van der Waals surface area contributed by atoms with Crippen LogP contribution in [0.4, 0.5) is 0 Å². The summed E-state index contributed by atoms with van der Waals surface area (Å²) in [5.41, 5.74) is 0.761. The molecule has 1 aromatic rings. The Hall–Kier alpha value is -2.05. The van der Waals surface area contributed by atoms with E-state index in [1.54, 1.807) is 24.3 Å². The standard InChI is InChI=1S/C14H11NO5/c16-10-5-9(11-6-19-14(10)20-11)15-12(17)7-3-1-2-4-8(7)13(15)18/h1-4,9,11,14H,5-6H2. The van der Waals surface area contributed by atoms with Crippen molar-refractivity contribution in [3.63, 3.8) is 0 Å². The summed E-state index contributed by atoms with van der Waals surface area (Å²) >= 11 is 0. The largest absolute Gasteiger partial charge is 0.343 e. The molecule has 0 N–H and O–H groups in total. The average Bonchev–Trinajstić information content (AvgIpc) is 2.99. The summed E-state index contributed by atoms with van der Waals surface area (Å²) in [5, 5.41) is 0. The highest BCUT2D eigenvalue weighted by Gasteiger charge is 2.50. The van der Waals surface area contributed by atoms with Gasteiger partial charge in [0, 0.05) is 6.42 Å². The highest BCUT2D eigenvalue weighted by atomic mass is 16.7. The third kappa shape index (κ3) is 1.43. The predicted molar refractivity (Wildman–Crippen MR) is 65.0 cm³/mol. The van der Waals surface area contributed by atoms with Gasteiger partial charge in [0.1, 0.15) is 6.10 Å². The molecule has 0 radical (unpaired) electrons. The van der Waals surface area contributed by atoms with E-state index in [9.17, 15) is 14.4 Å². The van der Waals surface area contributed by atoms with Crippen LogP contribution in [0.25, 0.3) is 0 Å². The van der Waals surface area contributed by atoms with E-state index in [2.05, 4.69) is 0 Å². The van der Waals surface area contributed by atoms with Crippen LogP contribution >= 0.6 is 0 Å². The summed E-state index contributed by atoms with van der Waals surface area (Å²) < 4.78 is 10.6. The number of carbonyl (C=O) groups excluding carboxylic acids is 3. The molecule has 1 aromatic carbocycles. The molecule has 3 aliphatic rings. The van der Waals surface area contributed by atoms with Crippen molar-refractivity contribution in [2.45, 2.75) is 24.9 Å². The van der Waals surface area contributed by atoms with Gasteiger partial charge in [0.15, 0.2) is 5.78 Å². The van der Waals surface area contributed by atoms with E-state index in [0.717, 1.165) is 4.90 Å². The molecule has 3 aliphatic heterocycles. The fourth-order valence-corrected chi connectivity index (χ4v) is 2.99. The second-order valence-corrected chi connectivity index (χ2v) is 5.10. The van der Waals surface area contributed by atoms with Gasteiger partial charge >= 0.3 is 0 Å². The number of hydrogen-bond donors (Lipinski definition) is 0. The first-order valence-electron chi connectivity index (χ1n) is 6.43. The van der Waals surface area contributed by atoms with E-state index in [4.69, 9.17) is 9.47 Å². The number of hydrogen-bond acceptors (Lipinski definition) is 5. The molecule has 6 nitrogen and oxygen atoms in total. The van der Waals surface area contributed by atoms with Gasteiger partial charge in [-0.15, -0.1) is 0 Å². The molecule has 0 aliphatic carbocycles. The van der Waals surface area contributed by atoms with Crippen molar-refractivity contribution < 1.29 is 23.9 Å². The number of rotatable bonds is 1. The van der Waals surface area contributed by atoms with E-state index >= 15 is 0 Å². The fraction of sp³-hybridized carbons (Fsp3) is 0.357. The minimum absolute atomic E-state index is 0.0980. The number of ether oxygens (including phenoxy) is 2. The predicted octanol–water partition coefficient (Wildman–Crippen LogP) is 0.366. The fourth-order valence-electron chi connectivity index (χ4n) is 2.99. The zero-order valence-electron chi connectivity index (χ0n) is 10.4. The molecule has 6 heteroatoms. The number of ketones is 1. The second-order valence-electron chi connectivity index (χ2n) is 5.10. The molecule has 2 bridgehead atoms. The zero-order chi connectivity index (χ0) is 13.9. The van der Waals surface area contributed by atoms with Crippen molar-refractivity contribution in [1.82, 2.24) is 4.90 Å². The SMILES string of the molecule is O=C1CC(N2C(=O)c3ccccc3C2=O)C2COC1O2. The highest BCUT2D eigenvalue weighted by Crippen LogP contribution is 2.33. The lowest BCUT2D eigenvalue weighted by Crippen LogP contribution is -2.52. The Morgan fingerprint density at radius 1 is 1.05 bits per heavy atom. The van der Waals surface area contributed by atoms with Gasteiger partial charge in [0.05, 0.1) is 23.8 Å². The van der Waals surface area contributed by atoms with Crippen molar-refractivity contribution in [2.24, 2.45) is 0 Å². The van der Waals surface area contributed by atoms with Crippen LogP contribution in [0.1, 0.15) is 27.1 Å². The number of nitrogens with zero attached hydrogens (tertiary/aromatic N) is 1. The Morgan fingerprint density at radius 2 is 1.70 bits per heavy atom. The smallest absolute Gasteiger partial charge is 0.261 e. The summed E-state index contributed by atoms with van der Waals surface area (Å²) in [5.74, 6) is -0.949. The minimum Gasteiger partial charge on any atom is -0.343 e. The third-order valence-electron chi connectivity index (χ3n) is 3.97. The van der Waals surface area contributed by atoms with E-state index in [1.807, 2.05) is 0 Å². The van der Waals surface area contributed by atoms with Crippen LogP contribution in [0.15, 0.2) is 24.3 Å². The molecule has 0 aromatic heterocycles. The van der Waals surface area contributed by atoms with E-state index in [0.29, 0.717) is 11.1 Å². The first kappa shape index (κ1) is 11.7. The quantitative estimate of drug-likeness (QED) is 0.691. The molecule has 2 saturated heterocycles. The Morgan fingerprint density at radius 3 is 2.35 bits per heavy atom. The molecule has 102 valence electrons. The Bertz CT molecular complexity index is 605. The molecule has 2 fully saturated rings. The van der Waals surface area contributed by atoms with Gasteiger partial charge in [0.2, 0.25) is 6.29 Å². The molecule has 2 amide bonds. The topological polar surface area (TPSA) is 72.9 Å². The van der Waals surface area contributed by atoms with Crippen molar-refractivity contribution in [3.8, 4) is 0 Å². The second kappa shape index (κ2) is 3.97. The molecule has 4 rings (SSSR count). The molecule has 3 heterocycles. The van der Waals surface area contributed by atoms with Crippen LogP contribution in [0.3, 0.4) is 0 Å². The van der Waals surface area contributed by atoms with Gasteiger partial charge in [-0.25, -0.2) is 0 Å². The molecular weight excluding hydrogens is 262 g/mol. The lowest BCUT2D eigenvalue weighted by atomic mass is 10.0. The van der Waals surface area contributed by atoms with Gasteiger partial charge in [-0.3, -0.25) is 19.3 Å². The number of carbonyl (C=O) groups is 3. The summed E-state index contributed by atoms with van der Waals surface area (Å²) in [6.45, 7) is 0.231. The van der Waals surface area contributed by atoms with E-state index in [1.165, 1.54) is 0 Å². The molecule has 20 heavy (non-hydrogen) atoms. The molecule has 0 saturated carbocycles. The van der Waals surface area contributed by atoms with Crippen LogP contribution in [0.2, 0.25) is 0 Å². The highest BCUT2D eigenvalue weighted by molar-refractivity contribution is 6.21. The molecule has 3 atom stereocenters. The number of imide groups is 1. The van der Waals surface area contributed by atoms with Crippen molar-refractivity contribution in [1.29, 1.82) is 0 Å². The van der Waals surface area contributed by atoms with Crippen LogP contribution < -0.4 is 0 Å². The summed E-state index contributed by atoms with van der Waals surface area (Å²) in [4.78, 5) is 37.7. The van der Waals surface area contributed by atoms with Crippen molar-refractivity contribution >= 4 is 17.6 Å². The number of fused-ring (bicyclic) bond motifs is 3. The number of Topliss-reactive ketones (excluding diaryl/α,β-unsaturated/α-hetero) is 1. The van der Waals surface area contributed by atoms with Gasteiger partial charge in [0.25, 0.3) is 11.8 Å². The van der Waals surface area contributed by atoms with Gasteiger partial charge in [-0.1, -0.05) is 12.1 Å². The monoisotopic (exact) mass is 273 g/mol. The summed E-state index contributed by atoms with van der Waals surface area (Å²) in [6, 6.07) is 6.09. The molecule has 3 unspecified atom stereocenters. The maximum atomic E-state index is 12.4. The lowest BCUT2D eigenvalue weighted by molar-refractivity contribution is -0.156. The normalized spacial score (nSPS) is 31.9. The average molecular weight is 273 g/mol. The summed E-state index contributed by atoms with van der Waals surface area (Å²) in [7, 11) is 0. The minimum atomic E-state index is -0.827. The van der Waals surface area contributed by atoms with E-state index < -0.39 is 18.4 Å². The van der Waals surface area contributed by atoms with Gasteiger partial charge < -0.3 is 9.47 Å². The summed E-state index contributed by atoms with van der Waals surface area (Å²) in [6.07, 6.45) is -1.15. The van der Waals surface area contributed by atoms with Crippen LogP contribution in [-0.4, -0.2) is 47.5 Å². The zero-order valence-corrected chi connectivity index (χ0v) is 10.4. The Labute approximate surface area is 114 Å². The first-order valence-corrected chi connectivity index (χ1v) is 6.43. The van der Waals surface area contributed by atoms with Crippen molar-refractivity contribution in [3.05, 3.63) is 35.4 Å². The maximum absolute atomic E-state index is 12.4. The number of benzene rings is 1. The van der Waals surface area contributed by atoms with Gasteiger partial charge in [-0.05, 0) is 12.1 Å².